The zero-order valence-corrected chi connectivity index (χ0v) is 13.1. The number of rotatable bonds is 4. The summed E-state index contributed by atoms with van der Waals surface area (Å²) in [6, 6.07) is 0.0469. The van der Waals surface area contributed by atoms with Gasteiger partial charge in [-0.15, -0.1) is 0 Å². The number of carboxylic acid groups (broad SMARTS) is 1. The number of carboxylic acids is 1. The maximum atomic E-state index is 12.3. The molecule has 2 rings (SSSR count). The van der Waals surface area contributed by atoms with Crippen molar-refractivity contribution >= 4 is 12.0 Å². The molecule has 120 valence electrons. The van der Waals surface area contributed by atoms with Crippen LogP contribution in [0.25, 0.3) is 0 Å². The van der Waals surface area contributed by atoms with Crippen LogP contribution in [0.5, 0.6) is 0 Å². The molecule has 2 fully saturated rings. The Labute approximate surface area is 125 Å². The van der Waals surface area contributed by atoms with E-state index in [0.29, 0.717) is 32.5 Å². The third kappa shape index (κ3) is 3.31. The van der Waals surface area contributed by atoms with Gasteiger partial charge >= 0.3 is 12.0 Å². The van der Waals surface area contributed by atoms with E-state index in [0.717, 1.165) is 6.42 Å². The summed E-state index contributed by atoms with van der Waals surface area (Å²) in [7, 11) is 0. The zero-order chi connectivity index (χ0) is 15.6. The fourth-order valence-corrected chi connectivity index (χ4v) is 3.18. The van der Waals surface area contributed by atoms with Crippen LogP contribution in [0.3, 0.4) is 0 Å². The molecular weight excluding hydrogens is 272 g/mol. The number of aliphatic carboxylic acids is 1. The van der Waals surface area contributed by atoms with Gasteiger partial charge < -0.3 is 20.1 Å². The summed E-state index contributed by atoms with van der Waals surface area (Å²) in [6.45, 7) is 7.93. The second-order valence-corrected chi connectivity index (χ2v) is 6.60. The molecule has 1 saturated heterocycles. The largest absolute Gasteiger partial charge is 0.481 e. The van der Waals surface area contributed by atoms with Crippen LogP contribution in [0.2, 0.25) is 0 Å². The van der Waals surface area contributed by atoms with Gasteiger partial charge in [-0.1, -0.05) is 13.8 Å². The Morgan fingerprint density at radius 3 is 2.43 bits per heavy atom. The highest BCUT2D eigenvalue weighted by atomic mass is 16.5. The predicted octanol–water partition coefficient (Wildman–Crippen LogP) is 1.70. The fourth-order valence-electron chi connectivity index (χ4n) is 3.18. The second-order valence-electron chi connectivity index (χ2n) is 6.60. The molecule has 2 amide bonds. The number of piperidine rings is 1. The van der Waals surface area contributed by atoms with Crippen LogP contribution in [0.15, 0.2) is 0 Å². The number of nitrogens with zero attached hydrogens (tertiary/aromatic N) is 1. The lowest BCUT2D eigenvalue weighted by atomic mass is 9.64. The predicted molar refractivity (Wildman–Crippen MR) is 78.1 cm³/mol. The van der Waals surface area contributed by atoms with E-state index in [1.54, 1.807) is 4.90 Å². The van der Waals surface area contributed by atoms with Crippen molar-refractivity contribution in [1.29, 1.82) is 0 Å². The Morgan fingerprint density at radius 2 is 1.95 bits per heavy atom. The minimum absolute atomic E-state index is 0.0505. The Balaban J connectivity index is 1.80. The number of hydrogen-bond donors (Lipinski definition) is 2. The van der Waals surface area contributed by atoms with Crippen molar-refractivity contribution in [2.45, 2.75) is 52.2 Å². The molecule has 0 bridgehead atoms. The van der Waals surface area contributed by atoms with E-state index in [4.69, 9.17) is 9.84 Å². The average molecular weight is 298 g/mol. The lowest BCUT2D eigenvalue weighted by Crippen LogP contribution is -2.63. The molecule has 2 atom stereocenters. The van der Waals surface area contributed by atoms with E-state index in [9.17, 15) is 9.59 Å². The molecule has 21 heavy (non-hydrogen) atoms. The van der Waals surface area contributed by atoms with Crippen molar-refractivity contribution in [3.05, 3.63) is 0 Å². The van der Waals surface area contributed by atoms with Crippen LogP contribution < -0.4 is 5.32 Å². The molecule has 0 aromatic heterocycles. The molecule has 2 aliphatic rings. The van der Waals surface area contributed by atoms with E-state index in [1.165, 1.54) is 0 Å². The third-order valence-electron chi connectivity index (χ3n) is 4.97. The molecule has 0 aromatic carbocycles. The summed E-state index contributed by atoms with van der Waals surface area (Å²) in [5, 5.41) is 12.0. The van der Waals surface area contributed by atoms with E-state index in [2.05, 4.69) is 19.2 Å². The van der Waals surface area contributed by atoms with Gasteiger partial charge in [0.2, 0.25) is 0 Å². The molecule has 6 heteroatoms. The monoisotopic (exact) mass is 298 g/mol. The van der Waals surface area contributed by atoms with Gasteiger partial charge in [0.1, 0.15) is 0 Å². The Morgan fingerprint density at radius 1 is 1.33 bits per heavy atom. The highest BCUT2D eigenvalue weighted by Gasteiger charge is 2.49. The first-order chi connectivity index (χ1) is 9.86. The maximum Gasteiger partial charge on any atom is 0.317 e. The molecule has 0 aromatic rings. The number of nitrogens with one attached hydrogen (secondary N) is 1. The molecule has 1 aliphatic heterocycles. The van der Waals surface area contributed by atoms with Crippen molar-refractivity contribution in [3.63, 3.8) is 0 Å². The second kappa shape index (κ2) is 6.22. The first-order valence-electron chi connectivity index (χ1n) is 7.76. The molecule has 2 N–H and O–H groups in total. The number of amides is 2. The van der Waals surface area contributed by atoms with Gasteiger partial charge in [0.25, 0.3) is 0 Å². The van der Waals surface area contributed by atoms with Crippen molar-refractivity contribution in [1.82, 2.24) is 10.2 Å². The van der Waals surface area contributed by atoms with Crippen molar-refractivity contribution in [3.8, 4) is 0 Å². The van der Waals surface area contributed by atoms with Gasteiger partial charge in [-0.3, -0.25) is 4.79 Å². The lowest BCUT2D eigenvalue weighted by Gasteiger charge is -2.52. The summed E-state index contributed by atoms with van der Waals surface area (Å²) in [5.74, 6) is -1.06. The SMILES string of the molecule is CCOC1CC(NC(=O)N2CCC(C(=O)O)CC2)C1(C)C. The average Bonchev–Trinajstić information content (AvgIpc) is 2.46. The van der Waals surface area contributed by atoms with Crippen LogP contribution in [0.1, 0.15) is 40.0 Å². The summed E-state index contributed by atoms with van der Waals surface area (Å²) in [5.41, 5.74) is -0.0505. The smallest absolute Gasteiger partial charge is 0.317 e. The van der Waals surface area contributed by atoms with Crippen molar-refractivity contribution < 1.29 is 19.4 Å². The normalized spacial score (nSPS) is 28.8. The number of likely N-dealkylation sites (tertiary alicyclic amines) is 1. The van der Waals surface area contributed by atoms with Crippen LogP contribution in [-0.2, 0) is 9.53 Å². The molecule has 1 aliphatic carbocycles. The summed E-state index contributed by atoms with van der Waals surface area (Å²) < 4.78 is 5.66. The molecule has 0 radical (unpaired) electrons. The van der Waals surface area contributed by atoms with Gasteiger partial charge in [-0.2, -0.15) is 0 Å². The Hall–Kier alpha value is -1.30. The first-order valence-corrected chi connectivity index (χ1v) is 7.76. The minimum atomic E-state index is -0.755. The van der Waals surface area contributed by atoms with Crippen LogP contribution in [-0.4, -0.2) is 53.8 Å². The molecule has 2 unspecified atom stereocenters. The van der Waals surface area contributed by atoms with Gasteiger partial charge in [-0.25, -0.2) is 4.79 Å². The van der Waals surface area contributed by atoms with E-state index in [-0.39, 0.29) is 29.5 Å². The zero-order valence-electron chi connectivity index (χ0n) is 13.1. The first kappa shape index (κ1) is 16.1. The quantitative estimate of drug-likeness (QED) is 0.828. The minimum Gasteiger partial charge on any atom is -0.481 e. The number of carbonyl (C=O) groups excluding carboxylic acids is 1. The topological polar surface area (TPSA) is 78.9 Å². The fraction of sp³-hybridized carbons (Fsp3) is 0.867. The molecule has 0 spiro atoms. The summed E-state index contributed by atoms with van der Waals surface area (Å²) in [6.07, 6.45) is 2.13. The maximum absolute atomic E-state index is 12.3. The van der Waals surface area contributed by atoms with Crippen LogP contribution in [0, 0.1) is 11.3 Å². The van der Waals surface area contributed by atoms with E-state index >= 15 is 0 Å². The Kier molecular flexibility index (Phi) is 4.76. The van der Waals surface area contributed by atoms with E-state index in [1.807, 2.05) is 6.92 Å². The Bertz CT molecular complexity index is 402. The summed E-state index contributed by atoms with van der Waals surface area (Å²) in [4.78, 5) is 24.9. The number of hydrogen-bond acceptors (Lipinski definition) is 3. The molecule has 6 nitrogen and oxygen atoms in total. The standard InChI is InChI=1S/C15H26N2O4/c1-4-21-12-9-11(15(12,2)3)16-14(20)17-7-5-10(6-8-17)13(18)19/h10-12H,4-9H2,1-3H3,(H,16,20)(H,18,19). The highest BCUT2D eigenvalue weighted by Crippen LogP contribution is 2.42. The number of urea groups is 1. The molecule has 1 heterocycles. The third-order valence-corrected chi connectivity index (χ3v) is 4.97. The van der Waals surface area contributed by atoms with Crippen molar-refractivity contribution in [2.24, 2.45) is 11.3 Å². The van der Waals surface area contributed by atoms with Crippen molar-refractivity contribution in [2.75, 3.05) is 19.7 Å². The van der Waals surface area contributed by atoms with Gasteiger partial charge in [-0.05, 0) is 26.2 Å². The van der Waals surface area contributed by atoms with Crippen LogP contribution in [0.4, 0.5) is 4.79 Å². The van der Waals surface area contributed by atoms with Crippen LogP contribution >= 0.6 is 0 Å². The van der Waals surface area contributed by atoms with Gasteiger partial charge in [0.15, 0.2) is 0 Å². The van der Waals surface area contributed by atoms with Gasteiger partial charge in [0.05, 0.1) is 12.0 Å². The lowest BCUT2D eigenvalue weighted by molar-refractivity contribution is -0.143. The molecular formula is C15H26N2O4. The number of carbonyl (C=O) groups is 2. The number of ether oxygens (including phenoxy) is 1. The molecule has 1 saturated carbocycles. The van der Waals surface area contributed by atoms with E-state index < -0.39 is 5.97 Å². The summed E-state index contributed by atoms with van der Waals surface area (Å²) >= 11 is 0. The highest BCUT2D eigenvalue weighted by molar-refractivity contribution is 5.76. The van der Waals surface area contributed by atoms with Gasteiger partial charge in [0, 0.05) is 31.2 Å².